The molecule has 4 rings (SSSR count). The predicted octanol–water partition coefficient (Wildman–Crippen LogP) is 4.14. The third kappa shape index (κ3) is 4.17. The molecule has 1 saturated heterocycles. The van der Waals surface area contributed by atoms with E-state index in [0.29, 0.717) is 42.1 Å². The smallest absolute Gasteiger partial charge is 0.416 e. The van der Waals surface area contributed by atoms with Gasteiger partial charge in [0.2, 0.25) is 5.91 Å². The maximum Gasteiger partial charge on any atom is 0.416 e. The largest absolute Gasteiger partial charge is 0.485 e. The molecule has 2 aliphatic rings. The molecule has 2 aliphatic heterocycles. The summed E-state index contributed by atoms with van der Waals surface area (Å²) in [6, 6.07) is 10.1. The standard InChI is InChI=1S/C23H24F3N3O3/c1-29(21(27)28)20(30)18-12-22(8-3-9-31-13-22)32-19-7-6-15(11-17(18)19)14-4-2-5-16(10-14)23(24,25)26/h2,4-7,10-11,18H,3,8-9,12-13H2,1H3,(H3,27,28)/t18?,22-/m1/s1. The van der Waals surface area contributed by atoms with Crippen LogP contribution < -0.4 is 10.5 Å². The molecule has 1 unspecified atom stereocenters. The Balaban J connectivity index is 1.77. The summed E-state index contributed by atoms with van der Waals surface area (Å²) in [4.78, 5) is 14.3. The highest BCUT2D eigenvalue weighted by atomic mass is 19.4. The summed E-state index contributed by atoms with van der Waals surface area (Å²) in [5, 5.41) is 7.65. The Morgan fingerprint density at radius 2 is 1.97 bits per heavy atom. The Bertz CT molecular complexity index is 1050. The molecule has 32 heavy (non-hydrogen) atoms. The molecule has 0 aliphatic carbocycles. The van der Waals surface area contributed by atoms with Crippen molar-refractivity contribution in [1.29, 1.82) is 5.41 Å². The third-order valence-corrected chi connectivity index (χ3v) is 6.09. The van der Waals surface area contributed by atoms with Crippen LogP contribution in [0.1, 0.15) is 36.3 Å². The fourth-order valence-corrected chi connectivity index (χ4v) is 4.37. The monoisotopic (exact) mass is 447 g/mol. The molecule has 0 saturated carbocycles. The highest BCUT2D eigenvalue weighted by Gasteiger charge is 2.46. The minimum Gasteiger partial charge on any atom is -0.485 e. The van der Waals surface area contributed by atoms with Crippen LogP contribution in [0, 0.1) is 5.41 Å². The van der Waals surface area contributed by atoms with E-state index >= 15 is 0 Å². The molecular weight excluding hydrogens is 423 g/mol. The molecule has 2 aromatic carbocycles. The molecule has 1 amide bonds. The zero-order valence-corrected chi connectivity index (χ0v) is 17.5. The van der Waals surface area contributed by atoms with Gasteiger partial charge in [-0.2, -0.15) is 13.2 Å². The Labute approximate surface area is 183 Å². The van der Waals surface area contributed by atoms with Crippen molar-refractivity contribution in [3.63, 3.8) is 0 Å². The van der Waals surface area contributed by atoms with E-state index < -0.39 is 23.3 Å². The number of alkyl halides is 3. The van der Waals surface area contributed by atoms with Crippen LogP contribution in [0.3, 0.4) is 0 Å². The van der Waals surface area contributed by atoms with Crippen LogP contribution in [0.4, 0.5) is 13.2 Å². The number of carbonyl (C=O) groups excluding carboxylic acids is 1. The van der Waals surface area contributed by atoms with E-state index in [0.717, 1.165) is 29.9 Å². The first-order valence-electron chi connectivity index (χ1n) is 10.3. The number of fused-ring (bicyclic) bond motifs is 1. The summed E-state index contributed by atoms with van der Waals surface area (Å²) in [5.41, 5.74) is 5.62. The van der Waals surface area contributed by atoms with Crippen molar-refractivity contribution in [2.45, 2.75) is 37.0 Å². The van der Waals surface area contributed by atoms with Gasteiger partial charge in [0.25, 0.3) is 0 Å². The van der Waals surface area contributed by atoms with Gasteiger partial charge >= 0.3 is 6.18 Å². The number of hydrogen-bond donors (Lipinski definition) is 2. The van der Waals surface area contributed by atoms with Gasteiger partial charge in [0.05, 0.1) is 18.1 Å². The quantitative estimate of drug-likeness (QED) is 0.535. The van der Waals surface area contributed by atoms with Gasteiger partial charge in [-0.15, -0.1) is 0 Å². The number of benzene rings is 2. The molecule has 0 aromatic heterocycles. The van der Waals surface area contributed by atoms with E-state index in [2.05, 4.69) is 0 Å². The molecule has 170 valence electrons. The number of rotatable bonds is 2. The molecule has 2 heterocycles. The summed E-state index contributed by atoms with van der Waals surface area (Å²) < 4.78 is 51.5. The van der Waals surface area contributed by atoms with Crippen LogP contribution in [0.15, 0.2) is 42.5 Å². The van der Waals surface area contributed by atoms with Crippen LogP contribution in [0.25, 0.3) is 11.1 Å². The van der Waals surface area contributed by atoms with Crippen molar-refractivity contribution < 1.29 is 27.4 Å². The number of ether oxygens (including phenoxy) is 2. The number of halogens is 3. The number of nitrogens with two attached hydrogens (primary N) is 1. The molecule has 0 bridgehead atoms. The van der Waals surface area contributed by atoms with Crippen molar-refractivity contribution in [1.82, 2.24) is 4.90 Å². The van der Waals surface area contributed by atoms with E-state index in [1.54, 1.807) is 24.3 Å². The second-order valence-electron chi connectivity index (χ2n) is 8.31. The number of guanidine groups is 1. The van der Waals surface area contributed by atoms with Gasteiger partial charge in [0.1, 0.15) is 11.4 Å². The Morgan fingerprint density at radius 1 is 1.22 bits per heavy atom. The maximum absolute atomic E-state index is 13.2. The van der Waals surface area contributed by atoms with Gasteiger partial charge in [0.15, 0.2) is 5.96 Å². The van der Waals surface area contributed by atoms with Crippen molar-refractivity contribution in [3.8, 4) is 16.9 Å². The summed E-state index contributed by atoms with van der Waals surface area (Å²) in [5.74, 6) is -0.924. The molecule has 6 nitrogen and oxygen atoms in total. The molecule has 2 atom stereocenters. The predicted molar refractivity (Wildman–Crippen MR) is 112 cm³/mol. The number of hydrogen-bond acceptors (Lipinski definition) is 4. The van der Waals surface area contributed by atoms with Crippen LogP contribution >= 0.6 is 0 Å². The lowest BCUT2D eigenvalue weighted by Gasteiger charge is -2.44. The van der Waals surface area contributed by atoms with Crippen molar-refractivity contribution >= 4 is 11.9 Å². The highest BCUT2D eigenvalue weighted by molar-refractivity contribution is 5.98. The Hall–Kier alpha value is -3.07. The van der Waals surface area contributed by atoms with Crippen LogP contribution in [-0.4, -0.2) is 42.6 Å². The van der Waals surface area contributed by atoms with Crippen LogP contribution in [-0.2, 0) is 15.7 Å². The second-order valence-corrected chi connectivity index (χ2v) is 8.31. The first-order chi connectivity index (χ1) is 15.1. The molecule has 1 spiro atoms. The third-order valence-electron chi connectivity index (χ3n) is 6.09. The van der Waals surface area contributed by atoms with Crippen LogP contribution in [0.5, 0.6) is 5.75 Å². The minimum atomic E-state index is -4.45. The number of carbonyl (C=O) groups is 1. The van der Waals surface area contributed by atoms with E-state index in [1.807, 2.05) is 0 Å². The zero-order valence-electron chi connectivity index (χ0n) is 17.5. The lowest BCUT2D eigenvalue weighted by atomic mass is 9.78. The van der Waals surface area contributed by atoms with Crippen molar-refractivity contribution in [2.75, 3.05) is 20.3 Å². The van der Waals surface area contributed by atoms with Gasteiger partial charge in [-0.1, -0.05) is 18.2 Å². The van der Waals surface area contributed by atoms with Gasteiger partial charge in [-0.25, -0.2) is 0 Å². The van der Waals surface area contributed by atoms with E-state index in [9.17, 15) is 18.0 Å². The summed E-state index contributed by atoms with van der Waals surface area (Å²) in [7, 11) is 1.43. The van der Waals surface area contributed by atoms with Gasteiger partial charge in [-0.3, -0.25) is 15.1 Å². The molecule has 9 heteroatoms. The molecule has 1 fully saturated rings. The number of nitrogens with one attached hydrogen (secondary N) is 1. The Morgan fingerprint density at radius 3 is 2.62 bits per heavy atom. The maximum atomic E-state index is 13.2. The average Bonchev–Trinajstić information content (AvgIpc) is 2.77. The van der Waals surface area contributed by atoms with Crippen molar-refractivity contribution in [2.24, 2.45) is 5.73 Å². The summed E-state index contributed by atoms with van der Waals surface area (Å²) in [6.07, 6.45) is -2.61. The fraction of sp³-hybridized carbons (Fsp3) is 0.391. The number of amides is 1. The number of likely N-dealkylation sites (N-methyl/N-ethyl adjacent to an activating group) is 1. The Kier molecular flexibility index (Phi) is 5.62. The van der Waals surface area contributed by atoms with Gasteiger partial charge < -0.3 is 15.2 Å². The first kappa shape index (κ1) is 22.1. The van der Waals surface area contributed by atoms with E-state index in [1.165, 1.54) is 13.1 Å². The van der Waals surface area contributed by atoms with E-state index in [4.69, 9.17) is 20.6 Å². The topological polar surface area (TPSA) is 88.6 Å². The minimum absolute atomic E-state index is 0.336. The molecule has 2 aromatic rings. The van der Waals surface area contributed by atoms with Crippen molar-refractivity contribution in [3.05, 3.63) is 53.6 Å². The summed E-state index contributed by atoms with van der Waals surface area (Å²) >= 11 is 0. The SMILES string of the molecule is CN(C(=N)N)C(=O)C1C[C@@]2(CCCOC2)Oc2ccc(-c3cccc(C(F)(F)F)c3)cc21. The lowest BCUT2D eigenvalue weighted by molar-refractivity contribution is -0.137. The lowest BCUT2D eigenvalue weighted by Crippen LogP contribution is -2.51. The average molecular weight is 447 g/mol. The van der Waals surface area contributed by atoms with E-state index in [-0.39, 0.29) is 11.9 Å². The fourth-order valence-electron chi connectivity index (χ4n) is 4.37. The molecule has 0 radical (unpaired) electrons. The number of nitrogens with zero attached hydrogens (tertiary/aromatic N) is 1. The van der Waals surface area contributed by atoms with Crippen LogP contribution in [0.2, 0.25) is 0 Å². The van der Waals surface area contributed by atoms with Gasteiger partial charge in [0, 0.05) is 25.6 Å². The van der Waals surface area contributed by atoms with Gasteiger partial charge in [-0.05, 0) is 48.2 Å². The first-order valence-corrected chi connectivity index (χ1v) is 10.3. The summed E-state index contributed by atoms with van der Waals surface area (Å²) in [6.45, 7) is 0.966. The highest BCUT2D eigenvalue weighted by Crippen LogP contribution is 2.46. The normalized spacial score (nSPS) is 22.7. The molecule has 3 N–H and O–H groups in total. The molecular formula is C23H24F3N3O3. The zero-order chi connectivity index (χ0) is 23.1. The second kappa shape index (κ2) is 8.12.